The van der Waals surface area contributed by atoms with Crippen molar-refractivity contribution in [1.29, 1.82) is 0 Å². The van der Waals surface area contributed by atoms with E-state index in [1.165, 1.54) is 6.92 Å². The highest BCUT2D eigenvalue weighted by Gasteiger charge is 2.29. The molecule has 1 aromatic carbocycles. The third-order valence-electron chi connectivity index (χ3n) is 3.00. The largest absolute Gasteiger partial charge is 0.383 e. The number of benzene rings is 1. The predicted octanol–water partition coefficient (Wildman–Crippen LogP) is 2.51. The van der Waals surface area contributed by atoms with Gasteiger partial charge in [-0.25, -0.2) is 13.8 Å². The number of aryl methyl sites for hydroxylation is 1. The second-order valence-corrected chi connectivity index (χ2v) is 4.68. The number of halogens is 2. The fourth-order valence-corrected chi connectivity index (χ4v) is 1.96. The van der Waals surface area contributed by atoms with E-state index in [2.05, 4.69) is 4.98 Å². The Morgan fingerprint density at radius 2 is 1.74 bits per heavy atom. The van der Waals surface area contributed by atoms with Crippen molar-refractivity contribution in [3.05, 3.63) is 58.8 Å². The molecule has 5 heteroatoms. The van der Waals surface area contributed by atoms with Crippen LogP contribution in [0, 0.1) is 18.6 Å². The van der Waals surface area contributed by atoms with Gasteiger partial charge in [0, 0.05) is 17.8 Å². The quantitative estimate of drug-likeness (QED) is 0.876. The molecule has 0 aliphatic rings. The summed E-state index contributed by atoms with van der Waals surface area (Å²) in [5.74, 6) is -1.39. The van der Waals surface area contributed by atoms with Gasteiger partial charge in [-0.2, -0.15) is 0 Å². The SMILES string of the molecule is Cc1cnc(N)c(C(C)(O)c2cc(F)cc(F)c2)c1. The summed E-state index contributed by atoms with van der Waals surface area (Å²) in [6.07, 6.45) is 1.56. The van der Waals surface area contributed by atoms with Gasteiger partial charge in [-0.05, 0) is 43.2 Å². The number of aliphatic hydroxyl groups is 1. The second-order valence-electron chi connectivity index (χ2n) is 4.68. The van der Waals surface area contributed by atoms with E-state index in [1.54, 1.807) is 19.2 Å². The molecule has 1 aromatic heterocycles. The van der Waals surface area contributed by atoms with Crippen molar-refractivity contribution in [2.24, 2.45) is 0 Å². The Morgan fingerprint density at radius 1 is 1.16 bits per heavy atom. The van der Waals surface area contributed by atoms with Crippen molar-refractivity contribution in [2.45, 2.75) is 19.4 Å². The summed E-state index contributed by atoms with van der Waals surface area (Å²) in [6.45, 7) is 3.21. The Hall–Kier alpha value is -2.01. The topological polar surface area (TPSA) is 59.1 Å². The number of hydrogen-bond acceptors (Lipinski definition) is 3. The van der Waals surface area contributed by atoms with E-state index in [1.807, 2.05) is 0 Å². The molecule has 0 saturated carbocycles. The van der Waals surface area contributed by atoms with Gasteiger partial charge in [-0.15, -0.1) is 0 Å². The van der Waals surface area contributed by atoms with Crippen molar-refractivity contribution >= 4 is 5.82 Å². The van der Waals surface area contributed by atoms with Crippen molar-refractivity contribution in [1.82, 2.24) is 4.98 Å². The van der Waals surface area contributed by atoms with Crippen molar-refractivity contribution < 1.29 is 13.9 Å². The van der Waals surface area contributed by atoms with Crippen LogP contribution in [-0.4, -0.2) is 10.1 Å². The van der Waals surface area contributed by atoms with E-state index in [-0.39, 0.29) is 11.4 Å². The molecule has 3 nitrogen and oxygen atoms in total. The van der Waals surface area contributed by atoms with Crippen molar-refractivity contribution in [3.8, 4) is 0 Å². The molecule has 100 valence electrons. The summed E-state index contributed by atoms with van der Waals surface area (Å²) in [4.78, 5) is 3.95. The van der Waals surface area contributed by atoms with Crippen LogP contribution in [0.25, 0.3) is 0 Å². The van der Waals surface area contributed by atoms with Gasteiger partial charge in [0.2, 0.25) is 0 Å². The van der Waals surface area contributed by atoms with Crippen molar-refractivity contribution in [2.75, 3.05) is 5.73 Å². The molecule has 0 aliphatic heterocycles. The number of hydrogen-bond donors (Lipinski definition) is 2. The van der Waals surface area contributed by atoms with Crippen LogP contribution in [0.2, 0.25) is 0 Å². The van der Waals surface area contributed by atoms with Gasteiger partial charge in [-0.1, -0.05) is 0 Å². The molecule has 0 saturated heterocycles. The fraction of sp³-hybridized carbons (Fsp3) is 0.214. The van der Waals surface area contributed by atoms with E-state index in [0.29, 0.717) is 5.56 Å². The molecule has 1 heterocycles. The Morgan fingerprint density at radius 3 is 2.32 bits per heavy atom. The lowest BCUT2D eigenvalue weighted by molar-refractivity contribution is 0.102. The third-order valence-corrected chi connectivity index (χ3v) is 3.00. The normalized spacial score (nSPS) is 14.2. The summed E-state index contributed by atoms with van der Waals surface area (Å²) in [5.41, 5.74) is 5.31. The minimum atomic E-state index is -1.62. The number of rotatable bonds is 2. The molecule has 0 amide bonds. The molecule has 1 unspecified atom stereocenters. The van der Waals surface area contributed by atoms with Gasteiger partial charge < -0.3 is 10.8 Å². The maximum absolute atomic E-state index is 13.3. The van der Waals surface area contributed by atoms with Crippen molar-refractivity contribution in [3.63, 3.8) is 0 Å². The lowest BCUT2D eigenvalue weighted by atomic mass is 9.88. The van der Waals surface area contributed by atoms with Crippen LogP contribution in [-0.2, 0) is 5.60 Å². The number of pyridine rings is 1. The molecule has 0 fully saturated rings. The average Bonchev–Trinajstić information content (AvgIpc) is 2.31. The highest BCUT2D eigenvalue weighted by molar-refractivity contribution is 5.49. The van der Waals surface area contributed by atoms with E-state index in [4.69, 9.17) is 5.73 Å². The molecular formula is C14H14F2N2O. The molecule has 3 N–H and O–H groups in total. The van der Waals surface area contributed by atoms with E-state index < -0.39 is 17.2 Å². The number of nitrogens with two attached hydrogens (primary N) is 1. The fourth-order valence-electron chi connectivity index (χ4n) is 1.96. The Labute approximate surface area is 109 Å². The van der Waals surface area contributed by atoms with Gasteiger partial charge in [0.25, 0.3) is 0 Å². The van der Waals surface area contributed by atoms with E-state index in [0.717, 1.165) is 23.8 Å². The zero-order valence-electron chi connectivity index (χ0n) is 10.6. The number of anilines is 1. The van der Waals surface area contributed by atoms with Gasteiger partial charge >= 0.3 is 0 Å². The van der Waals surface area contributed by atoms with Crippen LogP contribution in [0.15, 0.2) is 30.5 Å². The average molecular weight is 264 g/mol. The third kappa shape index (κ3) is 2.56. The molecule has 0 radical (unpaired) electrons. The summed E-state index contributed by atoms with van der Waals surface area (Å²) in [6, 6.07) is 4.54. The van der Waals surface area contributed by atoms with Gasteiger partial charge in [0.15, 0.2) is 0 Å². The summed E-state index contributed by atoms with van der Waals surface area (Å²) in [5, 5.41) is 10.6. The zero-order valence-corrected chi connectivity index (χ0v) is 10.6. The zero-order chi connectivity index (χ0) is 14.2. The summed E-state index contributed by atoms with van der Waals surface area (Å²) >= 11 is 0. The van der Waals surface area contributed by atoms with Crippen LogP contribution in [0.4, 0.5) is 14.6 Å². The Kier molecular flexibility index (Phi) is 3.24. The first-order chi connectivity index (χ1) is 8.80. The standard InChI is InChI=1S/C14H14F2N2O/c1-8-3-12(13(17)18-7-8)14(2,19)9-4-10(15)6-11(16)5-9/h3-7,19H,1-2H3,(H2,17,18). The van der Waals surface area contributed by atoms with Crippen LogP contribution >= 0.6 is 0 Å². The van der Waals surface area contributed by atoms with Gasteiger partial charge in [0.1, 0.15) is 23.1 Å². The highest BCUT2D eigenvalue weighted by atomic mass is 19.1. The second kappa shape index (κ2) is 4.59. The first kappa shape index (κ1) is 13.4. The number of nitrogen functional groups attached to an aromatic ring is 1. The summed E-state index contributed by atoms with van der Waals surface area (Å²) in [7, 11) is 0. The van der Waals surface area contributed by atoms with Gasteiger partial charge in [0.05, 0.1) is 0 Å². The monoisotopic (exact) mass is 264 g/mol. The molecule has 0 bridgehead atoms. The summed E-state index contributed by atoms with van der Waals surface area (Å²) < 4.78 is 26.5. The molecule has 0 aliphatic carbocycles. The van der Waals surface area contributed by atoms with E-state index in [9.17, 15) is 13.9 Å². The first-order valence-corrected chi connectivity index (χ1v) is 5.72. The van der Waals surface area contributed by atoms with E-state index >= 15 is 0 Å². The first-order valence-electron chi connectivity index (χ1n) is 5.72. The molecular weight excluding hydrogens is 250 g/mol. The maximum atomic E-state index is 13.3. The molecule has 1 atom stereocenters. The maximum Gasteiger partial charge on any atom is 0.129 e. The molecule has 2 aromatic rings. The van der Waals surface area contributed by atoms with Gasteiger partial charge in [-0.3, -0.25) is 0 Å². The van der Waals surface area contributed by atoms with Crippen LogP contribution < -0.4 is 5.73 Å². The Balaban J connectivity index is 2.60. The molecule has 2 rings (SSSR count). The lowest BCUT2D eigenvalue weighted by Gasteiger charge is -2.25. The number of nitrogens with zero attached hydrogens (tertiary/aromatic N) is 1. The van der Waals surface area contributed by atoms with Crippen LogP contribution in [0.1, 0.15) is 23.6 Å². The minimum absolute atomic E-state index is 0.0871. The van der Waals surface area contributed by atoms with Crippen LogP contribution in [0.5, 0.6) is 0 Å². The predicted molar refractivity (Wildman–Crippen MR) is 68.4 cm³/mol. The smallest absolute Gasteiger partial charge is 0.129 e. The number of aromatic nitrogens is 1. The highest BCUT2D eigenvalue weighted by Crippen LogP contribution is 2.33. The Bertz CT molecular complexity index is 607. The molecule has 0 spiro atoms. The molecule has 19 heavy (non-hydrogen) atoms. The van der Waals surface area contributed by atoms with Crippen LogP contribution in [0.3, 0.4) is 0 Å². The lowest BCUT2D eigenvalue weighted by Crippen LogP contribution is -2.25. The minimum Gasteiger partial charge on any atom is -0.383 e.